The van der Waals surface area contributed by atoms with E-state index in [9.17, 15) is 4.79 Å². The Morgan fingerprint density at radius 2 is 2.18 bits per heavy atom. The van der Waals surface area contributed by atoms with Crippen molar-refractivity contribution in [2.45, 2.75) is 27.2 Å². The van der Waals surface area contributed by atoms with E-state index in [-0.39, 0.29) is 0 Å². The maximum Gasteiger partial charge on any atom is 0.357 e. The smallest absolute Gasteiger partial charge is 0.357 e. The van der Waals surface area contributed by atoms with Gasteiger partial charge >= 0.3 is 5.97 Å². The van der Waals surface area contributed by atoms with E-state index in [1.807, 2.05) is 17.9 Å². The summed E-state index contributed by atoms with van der Waals surface area (Å²) in [6.45, 7) is 6.73. The lowest BCUT2D eigenvalue weighted by Gasteiger charge is -2.19. The van der Waals surface area contributed by atoms with Crippen LogP contribution in [0.15, 0.2) is 11.4 Å². The van der Waals surface area contributed by atoms with Crippen LogP contribution in [0.4, 0.5) is 10.9 Å². The summed E-state index contributed by atoms with van der Waals surface area (Å²) in [5.41, 5.74) is 1.15. The zero-order chi connectivity index (χ0) is 16.1. The molecule has 0 aliphatic rings. The van der Waals surface area contributed by atoms with Crippen LogP contribution in [0.1, 0.15) is 36.3 Å². The highest BCUT2D eigenvalue weighted by atomic mass is 35.5. The highest BCUT2D eigenvalue weighted by Gasteiger charge is 2.18. The van der Waals surface area contributed by atoms with E-state index in [1.54, 1.807) is 12.3 Å². The number of hydrogen-bond acceptors (Lipinski definition) is 7. The molecule has 0 aliphatic heterocycles. The van der Waals surface area contributed by atoms with Crippen LogP contribution < -0.4 is 4.90 Å². The van der Waals surface area contributed by atoms with E-state index in [4.69, 9.17) is 16.3 Å². The van der Waals surface area contributed by atoms with Crippen molar-refractivity contribution in [3.63, 3.8) is 0 Å². The van der Waals surface area contributed by atoms with Crippen molar-refractivity contribution >= 4 is 39.9 Å². The van der Waals surface area contributed by atoms with Gasteiger partial charge in [-0.15, -0.1) is 21.5 Å². The van der Waals surface area contributed by atoms with Gasteiger partial charge in [-0.05, 0) is 31.9 Å². The highest BCUT2D eigenvalue weighted by molar-refractivity contribution is 7.14. The van der Waals surface area contributed by atoms with Gasteiger partial charge in [0.25, 0.3) is 0 Å². The van der Waals surface area contributed by atoms with Gasteiger partial charge in [0.1, 0.15) is 0 Å². The van der Waals surface area contributed by atoms with E-state index in [0.29, 0.717) is 34.9 Å². The fraction of sp³-hybridized carbons (Fsp3) is 0.429. The van der Waals surface area contributed by atoms with Crippen LogP contribution in [0.5, 0.6) is 0 Å². The van der Waals surface area contributed by atoms with E-state index in [0.717, 1.165) is 12.0 Å². The number of halogens is 1. The van der Waals surface area contributed by atoms with Gasteiger partial charge in [0.15, 0.2) is 21.8 Å². The summed E-state index contributed by atoms with van der Waals surface area (Å²) in [4.78, 5) is 18.0. The van der Waals surface area contributed by atoms with E-state index < -0.39 is 5.97 Å². The van der Waals surface area contributed by atoms with Gasteiger partial charge in [-0.1, -0.05) is 18.5 Å². The van der Waals surface area contributed by atoms with Crippen LogP contribution in [0, 0.1) is 6.92 Å². The van der Waals surface area contributed by atoms with Crippen molar-refractivity contribution in [1.29, 1.82) is 0 Å². The molecule has 2 aromatic rings. The number of aromatic nitrogens is 3. The van der Waals surface area contributed by atoms with Crippen molar-refractivity contribution in [3.8, 4) is 0 Å². The molecule has 0 saturated carbocycles. The molecular weight excluding hydrogens is 324 g/mol. The van der Waals surface area contributed by atoms with Crippen molar-refractivity contribution in [3.05, 3.63) is 27.9 Å². The lowest BCUT2D eigenvalue weighted by Crippen LogP contribution is -2.20. The zero-order valence-corrected chi connectivity index (χ0v) is 14.2. The van der Waals surface area contributed by atoms with Gasteiger partial charge in [-0.2, -0.15) is 0 Å². The number of ether oxygens (including phenoxy) is 1. The molecule has 0 aliphatic carbocycles. The first-order chi connectivity index (χ1) is 10.6. The summed E-state index contributed by atoms with van der Waals surface area (Å²) in [6.07, 6.45) is 0.900. The normalized spacial score (nSPS) is 10.5. The standard InChI is InChI=1S/C14H17ClN4O2S/c1-4-6-19(11-7-9(3)12(15)18-17-11)14-16-10(8-22-14)13(20)21-5-2/h7-8H,4-6H2,1-3H3. The molecule has 2 heterocycles. The molecule has 0 aromatic carbocycles. The van der Waals surface area contributed by atoms with E-state index in [2.05, 4.69) is 22.1 Å². The Labute approximate surface area is 138 Å². The predicted octanol–water partition coefficient (Wildman–Crippen LogP) is 3.62. The minimum absolute atomic E-state index is 0.307. The molecule has 6 nitrogen and oxygen atoms in total. The third-order valence-corrected chi connectivity index (χ3v) is 4.08. The third-order valence-electron chi connectivity index (χ3n) is 2.84. The molecule has 118 valence electrons. The molecule has 8 heteroatoms. The van der Waals surface area contributed by atoms with Crippen molar-refractivity contribution < 1.29 is 9.53 Å². The molecule has 22 heavy (non-hydrogen) atoms. The first-order valence-electron chi connectivity index (χ1n) is 6.96. The molecule has 0 fully saturated rings. The van der Waals surface area contributed by atoms with Crippen LogP contribution in [0.3, 0.4) is 0 Å². The van der Waals surface area contributed by atoms with Gasteiger partial charge in [-0.25, -0.2) is 9.78 Å². The number of hydrogen-bond donors (Lipinski definition) is 0. The van der Waals surface area contributed by atoms with E-state index >= 15 is 0 Å². The third kappa shape index (κ3) is 3.72. The number of esters is 1. The van der Waals surface area contributed by atoms with Crippen LogP contribution >= 0.6 is 22.9 Å². The second-order valence-corrected chi connectivity index (χ2v) is 5.76. The first-order valence-corrected chi connectivity index (χ1v) is 8.22. The number of carbonyl (C=O) groups excluding carboxylic acids is 1. The highest BCUT2D eigenvalue weighted by Crippen LogP contribution is 2.28. The fourth-order valence-electron chi connectivity index (χ4n) is 1.81. The number of carbonyl (C=O) groups is 1. The quantitative estimate of drug-likeness (QED) is 0.748. The number of aryl methyl sites for hydroxylation is 1. The van der Waals surface area contributed by atoms with Crippen LogP contribution in [0.2, 0.25) is 5.15 Å². The van der Waals surface area contributed by atoms with Crippen LogP contribution in [0.25, 0.3) is 0 Å². The van der Waals surface area contributed by atoms with Gasteiger partial charge < -0.3 is 9.64 Å². The molecule has 0 radical (unpaired) electrons. The Bertz CT molecular complexity index is 662. The summed E-state index contributed by atoms with van der Waals surface area (Å²) in [7, 11) is 0. The lowest BCUT2D eigenvalue weighted by atomic mass is 10.3. The SMILES string of the molecule is CCCN(c1cc(C)c(Cl)nn1)c1nc(C(=O)OCC)cs1. The molecule has 0 N–H and O–H groups in total. The summed E-state index contributed by atoms with van der Waals surface area (Å²) < 4.78 is 4.96. The Morgan fingerprint density at radius 1 is 1.41 bits per heavy atom. The maximum absolute atomic E-state index is 11.7. The van der Waals surface area contributed by atoms with Gasteiger partial charge in [-0.3, -0.25) is 0 Å². The average molecular weight is 341 g/mol. The molecule has 0 bridgehead atoms. The fourth-order valence-corrected chi connectivity index (χ4v) is 2.73. The molecule has 0 unspecified atom stereocenters. The predicted molar refractivity (Wildman–Crippen MR) is 87.1 cm³/mol. The molecule has 0 spiro atoms. The molecule has 0 atom stereocenters. The Balaban J connectivity index is 2.31. The molecule has 0 saturated heterocycles. The van der Waals surface area contributed by atoms with E-state index in [1.165, 1.54) is 11.3 Å². The minimum Gasteiger partial charge on any atom is -0.461 e. The van der Waals surface area contributed by atoms with Gasteiger partial charge in [0, 0.05) is 11.9 Å². The Kier molecular flexibility index (Phi) is 5.68. The largest absolute Gasteiger partial charge is 0.461 e. The van der Waals surface area contributed by atoms with Gasteiger partial charge in [0.2, 0.25) is 0 Å². The second kappa shape index (κ2) is 7.51. The average Bonchev–Trinajstić information content (AvgIpc) is 2.98. The summed E-state index contributed by atoms with van der Waals surface area (Å²) in [5, 5.41) is 10.8. The number of thiazole rings is 1. The molecule has 2 aromatic heterocycles. The monoisotopic (exact) mass is 340 g/mol. The number of anilines is 2. The Morgan fingerprint density at radius 3 is 2.82 bits per heavy atom. The van der Waals surface area contributed by atoms with Gasteiger partial charge in [0.05, 0.1) is 6.61 Å². The summed E-state index contributed by atoms with van der Waals surface area (Å²) in [5.74, 6) is 0.244. The van der Waals surface area contributed by atoms with Crippen LogP contribution in [-0.2, 0) is 4.74 Å². The number of nitrogens with zero attached hydrogens (tertiary/aromatic N) is 4. The second-order valence-electron chi connectivity index (χ2n) is 4.56. The summed E-state index contributed by atoms with van der Waals surface area (Å²) >= 11 is 7.29. The summed E-state index contributed by atoms with van der Waals surface area (Å²) in [6, 6.07) is 1.86. The maximum atomic E-state index is 11.7. The number of rotatable bonds is 6. The first kappa shape index (κ1) is 16.6. The van der Waals surface area contributed by atoms with Crippen molar-refractivity contribution in [1.82, 2.24) is 15.2 Å². The molecule has 2 rings (SSSR count). The topological polar surface area (TPSA) is 68.2 Å². The van der Waals surface area contributed by atoms with Crippen LogP contribution in [-0.4, -0.2) is 34.3 Å². The molecular formula is C14H17ClN4O2S. The molecule has 0 amide bonds. The van der Waals surface area contributed by atoms with Crippen molar-refractivity contribution in [2.75, 3.05) is 18.1 Å². The zero-order valence-electron chi connectivity index (χ0n) is 12.7. The lowest BCUT2D eigenvalue weighted by molar-refractivity contribution is 0.0520. The minimum atomic E-state index is -0.417. The van der Waals surface area contributed by atoms with Crippen molar-refractivity contribution in [2.24, 2.45) is 0 Å². The Hall–Kier alpha value is -1.73.